The molecular formula is C12H17F2NO. The van der Waals surface area contributed by atoms with E-state index >= 15 is 0 Å². The van der Waals surface area contributed by atoms with Crippen LogP contribution >= 0.6 is 0 Å². The van der Waals surface area contributed by atoms with E-state index in [2.05, 4.69) is 5.32 Å². The molecule has 0 aliphatic carbocycles. The van der Waals surface area contributed by atoms with E-state index in [4.69, 9.17) is 4.74 Å². The molecule has 16 heavy (non-hydrogen) atoms. The van der Waals surface area contributed by atoms with Gasteiger partial charge < -0.3 is 10.1 Å². The minimum atomic E-state index is -0.524. The fourth-order valence-electron chi connectivity index (χ4n) is 1.40. The Morgan fingerprint density at radius 1 is 1.12 bits per heavy atom. The molecule has 0 fully saturated rings. The molecule has 0 spiro atoms. The van der Waals surface area contributed by atoms with Gasteiger partial charge >= 0.3 is 0 Å². The summed E-state index contributed by atoms with van der Waals surface area (Å²) < 4.78 is 30.8. The summed E-state index contributed by atoms with van der Waals surface area (Å²) in [6.45, 7) is 4.75. The van der Waals surface area contributed by atoms with Crippen LogP contribution in [0.25, 0.3) is 0 Å². The van der Waals surface area contributed by atoms with Gasteiger partial charge in [0.2, 0.25) is 0 Å². The highest BCUT2D eigenvalue weighted by molar-refractivity contribution is 5.18. The lowest BCUT2D eigenvalue weighted by Crippen LogP contribution is -2.22. The van der Waals surface area contributed by atoms with Gasteiger partial charge in [0.1, 0.15) is 11.6 Å². The average molecular weight is 229 g/mol. The lowest BCUT2D eigenvalue weighted by Gasteiger charge is -2.05. The zero-order valence-electron chi connectivity index (χ0n) is 9.43. The standard InChI is InChI=1S/C12H17F2NO/c1-2-16-6-5-15-4-3-10-7-11(13)9-12(14)8-10/h7-9,15H,2-6H2,1H3. The maximum absolute atomic E-state index is 12.8. The van der Waals surface area contributed by atoms with Crippen molar-refractivity contribution in [2.24, 2.45) is 0 Å². The Labute approximate surface area is 94.6 Å². The topological polar surface area (TPSA) is 21.3 Å². The van der Waals surface area contributed by atoms with Crippen LogP contribution in [-0.2, 0) is 11.2 Å². The van der Waals surface area contributed by atoms with Crippen LogP contribution in [-0.4, -0.2) is 26.3 Å². The normalized spacial score (nSPS) is 10.7. The second-order valence-electron chi connectivity index (χ2n) is 3.47. The first-order chi connectivity index (χ1) is 7.72. The average Bonchev–Trinajstić information content (AvgIpc) is 2.22. The number of rotatable bonds is 7. The SMILES string of the molecule is CCOCCNCCc1cc(F)cc(F)c1. The van der Waals surface area contributed by atoms with Crippen LogP contribution in [0.3, 0.4) is 0 Å². The summed E-state index contributed by atoms with van der Waals surface area (Å²) in [6, 6.07) is 3.59. The number of hydrogen-bond acceptors (Lipinski definition) is 2. The molecule has 0 bridgehead atoms. The molecule has 4 heteroatoms. The van der Waals surface area contributed by atoms with E-state index in [1.807, 2.05) is 6.92 Å². The van der Waals surface area contributed by atoms with Gasteiger partial charge in [-0.3, -0.25) is 0 Å². The van der Waals surface area contributed by atoms with E-state index in [0.717, 1.165) is 12.6 Å². The summed E-state index contributed by atoms with van der Waals surface area (Å²) in [4.78, 5) is 0. The molecule has 0 aliphatic heterocycles. The maximum atomic E-state index is 12.8. The highest BCUT2D eigenvalue weighted by Gasteiger charge is 1.99. The van der Waals surface area contributed by atoms with Gasteiger partial charge in [0.05, 0.1) is 6.61 Å². The van der Waals surface area contributed by atoms with Crippen molar-refractivity contribution >= 4 is 0 Å². The Bertz CT molecular complexity index is 298. The van der Waals surface area contributed by atoms with Crippen LogP contribution in [0.5, 0.6) is 0 Å². The molecule has 0 radical (unpaired) electrons. The van der Waals surface area contributed by atoms with Crippen LogP contribution in [0.4, 0.5) is 8.78 Å². The van der Waals surface area contributed by atoms with Crippen molar-refractivity contribution in [3.05, 3.63) is 35.4 Å². The fraction of sp³-hybridized carbons (Fsp3) is 0.500. The number of halogens is 2. The smallest absolute Gasteiger partial charge is 0.126 e. The lowest BCUT2D eigenvalue weighted by atomic mass is 10.1. The molecule has 0 aromatic heterocycles. The molecule has 0 atom stereocenters. The molecule has 1 aromatic rings. The van der Waals surface area contributed by atoms with Gasteiger partial charge in [0.25, 0.3) is 0 Å². The van der Waals surface area contributed by atoms with Gasteiger partial charge in [-0.15, -0.1) is 0 Å². The first-order valence-electron chi connectivity index (χ1n) is 5.46. The largest absolute Gasteiger partial charge is 0.380 e. The Kier molecular flexibility index (Phi) is 5.96. The summed E-state index contributed by atoms with van der Waals surface area (Å²) in [6.07, 6.45) is 0.612. The maximum Gasteiger partial charge on any atom is 0.126 e. The Hall–Kier alpha value is -1.00. The van der Waals surface area contributed by atoms with Gasteiger partial charge in [0, 0.05) is 19.2 Å². The third-order valence-corrected chi connectivity index (χ3v) is 2.14. The molecule has 0 aliphatic rings. The van der Waals surface area contributed by atoms with Crippen LogP contribution in [0.1, 0.15) is 12.5 Å². The lowest BCUT2D eigenvalue weighted by molar-refractivity contribution is 0.149. The quantitative estimate of drug-likeness (QED) is 0.723. The van der Waals surface area contributed by atoms with Crippen molar-refractivity contribution in [1.29, 1.82) is 0 Å². The van der Waals surface area contributed by atoms with E-state index in [-0.39, 0.29) is 0 Å². The van der Waals surface area contributed by atoms with Crippen LogP contribution in [0.15, 0.2) is 18.2 Å². The number of ether oxygens (including phenoxy) is 1. The van der Waals surface area contributed by atoms with Gasteiger partial charge in [-0.05, 0) is 37.6 Å². The molecule has 0 saturated carbocycles. The minimum absolute atomic E-state index is 0.524. The monoisotopic (exact) mass is 229 g/mol. The summed E-state index contributed by atoms with van der Waals surface area (Å²) in [7, 11) is 0. The Balaban J connectivity index is 2.21. The van der Waals surface area contributed by atoms with Crippen molar-refractivity contribution < 1.29 is 13.5 Å². The van der Waals surface area contributed by atoms with Crippen molar-refractivity contribution in [3.63, 3.8) is 0 Å². The van der Waals surface area contributed by atoms with E-state index in [9.17, 15) is 8.78 Å². The predicted octanol–water partition coefficient (Wildman–Crippen LogP) is 2.13. The first kappa shape index (κ1) is 13.1. The van der Waals surface area contributed by atoms with Gasteiger partial charge in [0.15, 0.2) is 0 Å². The molecule has 90 valence electrons. The molecule has 1 N–H and O–H groups in total. The summed E-state index contributed by atoms with van der Waals surface area (Å²) in [5, 5.41) is 3.14. The molecule has 2 nitrogen and oxygen atoms in total. The minimum Gasteiger partial charge on any atom is -0.380 e. The highest BCUT2D eigenvalue weighted by Crippen LogP contribution is 2.07. The van der Waals surface area contributed by atoms with E-state index in [1.54, 1.807) is 0 Å². The summed E-state index contributed by atoms with van der Waals surface area (Å²) in [5.74, 6) is -1.05. The highest BCUT2D eigenvalue weighted by atomic mass is 19.1. The van der Waals surface area contributed by atoms with E-state index in [1.165, 1.54) is 12.1 Å². The molecule has 0 amide bonds. The Morgan fingerprint density at radius 2 is 1.81 bits per heavy atom. The first-order valence-corrected chi connectivity index (χ1v) is 5.46. The fourth-order valence-corrected chi connectivity index (χ4v) is 1.40. The summed E-state index contributed by atoms with van der Waals surface area (Å²) >= 11 is 0. The zero-order chi connectivity index (χ0) is 11.8. The number of hydrogen-bond donors (Lipinski definition) is 1. The van der Waals surface area contributed by atoms with Crippen LogP contribution in [0.2, 0.25) is 0 Å². The van der Waals surface area contributed by atoms with Gasteiger partial charge in [-0.1, -0.05) is 0 Å². The van der Waals surface area contributed by atoms with E-state index < -0.39 is 11.6 Å². The van der Waals surface area contributed by atoms with Crippen molar-refractivity contribution in [2.45, 2.75) is 13.3 Å². The molecule has 0 heterocycles. The zero-order valence-corrected chi connectivity index (χ0v) is 9.43. The summed E-state index contributed by atoms with van der Waals surface area (Å²) in [5.41, 5.74) is 0.668. The van der Waals surface area contributed by atoms with Crippen molar-refractivity contribution in [1.82, 2.24) is 5.32 Å². The third-order valence-electron chi connectivity index (χ3n) is 2.14. The predicted molar refractivity (Wildman–Crippen MR) is 59.4 cm³/mol. The van der Waals surface area contributed by atoms with Gasteiger partial charge in [-0.25, -0.2) is 8.78 Å². The molecule has 0 unspecified atom stereocenters. The van der Waals surface area contributed by atoms with Crippen molar-refractivity contribution in [2.75, 3.05) is 26.3 Å². The molecule has 0 saturated heterocycles. The van der Waals surface area contributed by atoms with Crippen molar-refractivity contribution in [3.8, 4) is 0 Å². The molecule has 1 aromatic carbocycles. The van der Waals surface area contributed by atoms with Crippen LogP contribution < -0.4 is 5.32 Å². The molecule has 1 rings (SSSR count). The van der Waals surface area contributed by atoms with E-state index in [0.29, 0.717) is 31.7 Å². The van der Waals surface area contributed by atoms with Crippen LogP contribution in [0, 0.1) is 11.6 Å². The van der Waals surface area contributed by atoms with Gasteiger partial charge in [-0.2, -0.15) is 0 Å². The second-order valence-corrected chi connectivity index (χ2v) is 3.47. The third kappa shape index (κ3) is 5.19. The molecular weight excluding hydrogens is 212 g/mol. The second kappa shape index (κ2) is 7.30. The Morgan fingerprint density at radius 3 is 2.44 bits per heavy atom. The number of benzene rings is 1. The number of nitrogens with one attached hydrogen (secondary N) is 1.